The minimum absolute atomic E-state index is 0.00779. The van der Waals surface area contributed by atoms with Crippen LogP contribution in [0.3, 0.4) is 0 Å². The molecule has 0 atom stereocenters. The van der Waals surface area contributed by atoms with Crippen LogP contribution in [0.4, 0.5) is 0 Å². The second-order valence-electron chi connectivity index (χ2n) is 4.89. The predicted molar refractivity (Wildman–Crippen MR) is 64.7 cm³/mol. The Labute approximate surface area is 101 Å². The summed E-state index contributed by atoms with van der Waals surface area (Å²) in [5.74, 6) is -0.254. The summed E-state index contributed by atoms with van der Waals surface area (Å²) in [6, 6.07) is 1.64. The van der Waals surface area contributed by atoms with E-state index in [4.69, 9.17) is 0 Å². The van der Waals surface area contributed by atoms with Crippen LogP contribution in [0.5, 0.6) is 0 Å². The van der Waals surface area contributed by atoms with Gasteiger partial charge in [-0.1, -0.05) is 20.8 Å². The van der Waals surface area contributed by atoms with Crippen LogP contribution >= 0.6 is 0 Å². The van der Waals surface area contributed by atoms with Gasteiger partial charge in [0, 0.05) is 18.2 Å². The van der Waals surface area contributed by atoms with Crippen molar-refractivity contribution in [1.82, 2.24) is 15.1 Å². The van der Waals surface area contributed by atoms with Crippen LogP contribution < -0.4 is 5.32 Å². The maximum atomic E-state index is 11.8. The highest BCUT2D eigenvalue weighted by atomic mass is 16.2. The number of hydrogen-bond acceptors (Lipinski definition) is 3. The molecule has 1 heterocycles. The Bertz CT molecular complexity index is 416. The topological polar surface area (TPSA) is 64.0 Å². The number of rotatable bonds is 4. The first-order chi connectivity index (χ1) is 7.86. The number of carbonyl (C=O) groups excluding carboxylic acids is 2. The van der Waals surface area contributed by atoms with Gasteiger partial charge in [0.1, 0.15) is 5.69 Å². The van der Waals surface area contributed by atoms with Crippen LogP contribution in [-0.4, -0.2) is 28.0 Å². The highest BCUT2D eigenvalue weighted by Crippen LogP contribution is 2.13. The molecular weight excluding hydrogens is 218 g/mol. The molecule has 1 aromatic rings. The van der Waals surface area contributed by atoms with E-state index in [1.165, 1.54) is 0 Å². The van der Waals surface area contributed by atoms with Crippen molar-refractivity contribution in [1.29, 1.82) is 0 Å². The van der Waals surface area contributed by atoms with Gasteiger partial charge in [-0.15, -0.1) is 0 Å². The van der Waals surface area contributed by atoms with Gasteiger partial charge in [-0.05, 0) is 13.0 Å². The molecule has 0 aliphatic carbocycles. The number of nitrogens with one attached hydrogen (secondary N) is 1. The second kappa shape index (κ2) is 5.12. The smallest absolute Gasteiger partial charge is 0.269 e. The monoisotopic (exact) mass is 237 g/mol. The van der Waals surface area contributed by atoms with Gasteiger partial charge in [0.15, 0.2) is 5.78 Å². The highest BCUT2D eigenvalue weighted by molar-refractivity contribution is 5.96. The maximum absolute atomic E-state index is 11.8. The van der Waals surface area contributed by atoms with Crippen LogP contribution in [0.2, 0.25) is 0 Å². The lowest BCUT2D eigenvalue weighted by atomic mass is 9.91. The second-order valence-corrected chi connectivity index (χ2v) is 4.89. The van der Waals surface area contributed by atoms with Crippen LogP contribution in [-0.2, 0) is 11.3 Å². The van der Waals surface area contributed by atoms with E-state index in [-0.39, 0.29) is 18.2 Å². The van der Waals surface area contributed by atoms with Gasteiger partial charge in [-0.25, -0.2) is 0 Å². The highest BCUT2D eigenvalue weighted by Gasteiger charge is 2.22. The Morgan fingerprint density at radius 3 is 2.59 bits per heavy atom. The van der Waals surface area contributed by atoms with E-state index in [0.29, 0.717) is 12.2 Å². The first kappa shape index (κ1) is 13.4. The van der Waals surface area contributed by atoms with Gasteiger partial charge in [0.05, 0.1) is 6.54 Å². The normalized spacial score (nSPS) is 11.3. The van der Waals surface area contributed by atoms with E-state index < -0.39 is 5.41 Å². The zero-order valence-electron chi connectivity index (χ0n) is 10.8. The Morgan fingerprint density at radius 2 is 2.06 bits per heavy atom. The fraction of sp³-hybridized carbons (Fsp3) is 0.583. The number of ketones is 1. The molecule has 17 heavy (non-hydrogen) atoms. The number of hydrogen-bond donors (Lipinski definition) is 1. The fourth-order valence-corrected chi connectivity index (χ4v) is 1.29. The molecule has 5 nitrogen and oxygen atoms in total. The van der Waals surface area contributed by atoms with Gasteiger partial charge >= 0.3 is 0 Å². The van der Waals surface area contributed by atoms with E-state index >= 15 is 0 Å². The molecule has 0 bridgehead atoms. The molecule has 0 saturated carbocycles. The molecule has 1 aromatic heterocycles. The molecule has 0 spiro atoms. The van der Waals surface area contributed by atoms with E-state index in [1.54, 1.807) is 16.9 Å². The molecule has 0 fully saturated rings. The van der Waals surface area contributed by atoms with E-state index in [0.717, 1.165) is 0 Å². The number of nitrogens with zero attached hydrogens (tertiary/aromatic N) is 2. The molecule has 0 aromatic carbocycles. The van der Waals surface area contributed by atoms with Crippen LogP contribution in [0.25, 0.3) is 0 Å². The van der Waals surface area contributed by atoms with Gasteiger partial charge in [0.25, 0.3) is 5.91 Å². The van der Waals surface area contributed by atoms with Crippen molar-refractivity contribution in [3.05, 3.63) is 18.0 Å². The average molecular weight is 237 g/mol. The third-order valence-corrected chi connectivity index (χ3v) is 2.49. The van der Waals surface area contributed by atoms with Crippen molar-refractivity contribution in [2.45, 2.75) is 34.2 Å². The Hall–Kier alpha value is -1.65. The first-order valence-corrected chi connectivity index (χ1v) is 5.69. The average Bonchev–Trinajstić information content (AvgIpc) is 2.71. The molecule has 0 saturated heterocycles. The summed E-state index contributed by atoms with van der Waals surface area (Å²) < 4.78 is 1.59. The first-order valence-electron chi connectivity index (χ1n) is 5.69. The summed E-state index contributed by atoms with van der Waals surface area (Å²) in [6.07, 6.45) is 1.57. The number of carbonyl (C=O) groups is 2. The summed E-state index contributed by atoms with van der Waals surface area (Å²) in [4.78, 5) is 23.4. The third kappa shape index (κ3) is 3.41. The van der Waals surface area contributed by atoms with E-state index in [2.05, 4.69) is 10.4 Å². The fourth-order valence-electron chi connectivity index (χ4n) is 1.29. The number of aryl methyl sites for hydroxylation is 1. The van der Waals surface area contributed by atoms with Crippen molar-refractivity contribution in [2.24, 2.45) is 5.41 Å². The molecule has 1 N–H and O–H groups in total. The number of aromatic nitrogens is 2. The van der Waals surface area contributed by atoms with Crippen LogP contribution in [0.1, 0.15) is 38.2 Å². The van der Waals surface area contributed by atoms with Crippen molar-refractivity contribution in [3.63, 3.8) is 0 Å². The zero-order valence-corrected chi connectivity index (χ0v) is 10.8. The van der Waals surface area contributed by atoms with Gasteiger partial charge in [0.2, 0.25) is 0 Å². The molecule has 0 aliphatic rings. The largest absolute Gasteiger partial charge is 0.344 e. The van der Waals surface area contributed by atoms with Crippen molar-refractivity contribution in [2.75, 3.05) is 6.54 Å². The number of amides is 1. The van der Waals surface area contributed by atoms with Gasteiger partial charge < -0.3 is 5.32 Å². The molecular formula is C12H19N3O2. The predicted octanol–water partition coefficient (Wildman–Crippen LogP) is 1.25. The lowest BCUT2D eigenvalue weighted by molar-refractivity contribution is -0.125. The summed E-state index contributed by atoms with van der Waals surface area (Å²) in [5, 5.41) is 6.62. The Kier molecular flexibility index (Phi) is 4.04. The van der Waals surface area contributed by atoms with Gasteiger partial charge in [-0.2, -0.15) is 5.10 Å². The summed E-state index contributed by atoms with van der Waals surface area (Å²) in [5.41, 5.74) is 0.0485. The third-order valence-electron chi connectivity index (χ3n) is 2.49. The standard InChI is InChI=1S/C12H19N3O2/c1-5-15-9(6-7-14-15)11(17)13-8-10(16)12(2,3)4/h6-7H,5,8H2,1-4H3,(H,13,17). The summed E-state index contributed by atoms with van der Waals surface area (Å²) in [6.45, 7) is 8.08. The molecule has 0 aliphatic heterocycles. The molecule has 5 heteroatoms. The van der Waals surface area contributed by atoms with Crippen LogP contribution in [0, 0.1) is 5.41 Å². The molecule has 0 unspecified atom stereocenters. The Morgan fingerprint density at radius 1 is 1.41 bits per heavy atom. The summed E-state index contributed by atoms with van der Waals surface area (Å²) >= 11 is 0. The van der Waals surface area contributed by atoms with Crippen molar-refractivity contribution >= 4 is 11.7 Å². The van der Waals surface area contributed by atoms with E-state index in [9.17, 15) is 9.59 Å². The van der Waals surface area contributed by atoms with Gasteiger partial charge in [-0.3, -0.25) is 14.3 Å². The quantitative estimate of drug-likeness (QED) is 0.857. The lowest BCUT2D eigenvalue weighted by Crippen LogP contribution is -2.36. The maximum Gasteiger partial charge on any atom is 0.269 e. The number of Topliss-reactive ketones (excluding diaryl/α,β-unsaturated/α-hetero) is 1. The minimum Gasteiger partial charge on any atom is -0.344 e. The van der Waals surface area contributed by atoms with Crippen LogP contribution in [0.15, 0.2) is 12.3 Å². The van der Waals surface area contributed by atoms with Crippen molar-refractivity contribution < 1.29 is 9.59 Å². The molecule has 0 radical (unpaired) electrons. The van der Waals surface area contributed by atoms with Crippen molar-refractivity contribution in [3.8, 4) is 0 Å². The zero-order chi connectivity index (χ0) is 13.1. The molecule has 94 valence electrons. The Balaban J connectivity index is 2.60. The van der Waals surface area contributed by atoms with E-state index in [1.807, 2.05) is 27.7 Å². The molecule has 1 amide bonds. The summed E-state index contributed by atoms with van der Waals surface area (Å²) in [7, 11) is 0. The lowest BCUT2D eigenvalue weighted by Gasteiger charge is -2.16. The minimum atomic E-state index is -0.432. The molecule has 1 rings (SSSR count). The SMILES string of the molecule is CCn1nccc1C(=O)NCC(=O)C(C)(C)C.